The Morgan fingerprint density at radius 1 is 0.484 bits per heavy atom. The third-order valence-corrected chi connectivity index (χ3v) is 2.14. The smallest absolute Gasteiger partial charge is 0.321 e. The van der Waals surface area contributed by atoms with Crippen LogP contribution >= 0.6 is 0 Å². The SMILES string of the molecule is N[C@@H](CC(=O)O)C(=O)O.N[C@@H](CC(=O)O)C(=O)O.N[C@@H](CC(=O)O)C(=O)O.[K].[K].[Mg].[Mg]. The first-order valence-corrected chi connectivity index (χ1v) is 6.72. The number of hydrogen-bond acceptors (Lipinski definition) is 9. The molecule has 6 radical (unpaired) electrons. The number of rotatable bonds is 9. The second-order valence-electron chi connectivity index (χ2n) is 4.63. The number of hydrogen-bond donors (Lipinski definition) is 9. The van der Waals surface area contributed by atoms with E-state index in [1.54, 1.807) is 0 Å². The molecule has 0 aromatic carbocycles. The minimum atomic E-state index is -1.29. The van der Waals surface area contributed by atoms with Gasteiger partial charge in [0.1, 0.15) is 18.1 Å². The fourth-order valence-corrected chi connectivity index (χ4v) is 0.826. The molecule has 0 rings (SSSR count). The van der Waals surface area contributed by atoms with E-state index in [1.165, 1.54) is 0 Å². The monoisotopic (exact) mass is 525 g/mol. The van der Waals surface area contributed by atoms with Crippen molar-refractivity contribution < 1.29 is 59.4 Å². The van der Waals surface area contributed by atoms with Crippen LogP contribution in [0.25, 0.3) is 0 Å². The number of nitrogens with two attached hydrogens (primary N) is 3. The first kappa shape index (κ1) is 49.6. The fourth-order valence-electron chi connectivity index (χ4n) is 0.826. The maximum Gasteiger partial charge on any atom is 0.321 e. The molecule has 0 aliphatic carbocycles. The maximum absolute atomic E-state index is 9.85. The topological polar surface area (TPSA) is 302 Å². The Hall–Kier alpha value is 1.51. The molecule has 0 saturated carbocycles. The Balaban J connectivity index is -0.0000000524. The zero-order valence-electron chi connectivity index (χ0n) is 17.1. The summed E-state index contributed by atoms with van der Waals surface area (Å²) in [7, 11) is 0. The molecule has 19 heteroatoms. The van der Waals surface area contributed by atoms with E-state index in [-0.39, 0.29) is 149 Å². The first-order valence-electron chi connectivity index (χ1n) is 6.72. The van der Waals surface area contributed by atoms with Crippen molar-refractivity contribution in [1.82, 2.24) is 0 Å². The standard InChI is InChI=1S/3C4H7NO4.2K.2Mg/c3*5-2(4(8)9)1-3(6)7;;;;/h3*2H,1,5H2,(H,6,7)(H,8,9);;;;/t3*2-;;;;/m000..../s1. The molecule has 0 amide bonds. The quantitative estimate of drug-likeness (QED) is 0.127. The molecule has 162 valence electrons. The van der Waals surface area contributed by atoms with Gasteiger partial charge in [0.15, 0.2) is 0 Å². The van der Waals surface area contributed by atoms with Gasteiger partial charge in [0.25, 0.3) is 0 Å². The van der Waals surface area contributed by atoms with Gasteiger partial charge in [-0.3, -0.25) is 28.8 Å². The van der Waals surface area contributed by atoms with Crippen LogP contribution in [0.15, 0.2) is 0 Å². The van der Waals surface area contributed by atoms with Gasteiger partial charge in [-0.15, -0.1) is 0 Å². The van der Waals surface area contributed by atoms with Crippen LogP contribution in [0.2, 0.25) is 0 Å². The molecular formula is C12H21K2Mg2N3O12. The molecule has 15 nitrogen and oxygen atoms in total. The Kier molecular flexibility index (Phi) is 47.3. The Morgan fingerprint density at radius 2 is 0.613 bits per heavy atom. The Bertz CT molecular complexity index is 495. The summed E-state index contributed by atoms with van der Waals surface area (Å²) in [4.78, 5) is 58.9. The van der Waals surface area contributed by atoms with E-state index in [0.717, 1.165) is 0 Å². The van der Waals surface area contributed by atoms with Crippen molar-refractivity contribution in [2.24, 2.45) is 17.2 Å². The van der Waals surface area contributed by atoms with Crippen molar-refractivity contribution in [2.75, 3.05) is 0 Å². The average Bonchev–Trinajstić information content (AvgIpc) is 2.46. The van der Waals surface area contributed by atoms with Crippen LogP contribution in [0.3, 0.4) is 0 Å². The van der Waals surface area contributed by atoms with Crippen molar-refractivity contribution in [1.29, 1.82) is 0 Å². The largest absolute Gasteiger partial charge is 0.481 e. The van der Waals surface area contributed by atoms with Gasteiger partial charge in [0.2, 0.25) is 0 Å². The Morgan fingerprint density at radius 3 is 0.645 bits per heavy atom. The third-order valence-electron chi connectivity index (χ3n) is 2.14. The van der Waals surface area contributed by atoms with Gasteiger partial charge in [0.05, 0.1) is 19.3 Å². The van der Waals surface area contributed by atoms with E-state index >= 15 is 0 Å². The van der Waals surface area contributed by atoms with Crippen LogP contribution in [-0.2, 0) is 28.8 Å². The normalized spacial score (nSPS) is 10.9. The first-order chi connectivity index (χ1) is 12.1. The van der Waals surface area contributed by atoms with E-state index in [4.69, 9.17) is 47.8 Å². The summed E-state index contributed by atoms with van der Waals surface area (Å²) in [5, 5.41) is 48.1. The van der Waals surface area contributed by atoms with Crippen molar-refractivity contribution in [3.05, 3.63) is 0 Å². The molecule has 0 fully saturated rings. The summed E-state index contributed by atoms with van der Waals surface area (Å²) in [6.45, 7) is 0. The van der Waals surface area contributed by atoms with Crippen LogP contribution in [0.4, 0.5) is 0 Å². The molecule has 0 aliphatic heterocycles. The molecule has 0 bridgehead atoms. The van der Waals surface area contributed by atoms with Crippen LogP contribution in [-0.4, -0.2) is 233 Å². The molecule has 0 unspecified atom stereocenters. The summed E-state index contributed by atoms with van der Waals surface area (Å²) >= 11 is 0. The van der Waals surface area contributed by atoms with Crippen molar-refractivity contribution in [3.8, 4) is 0 Å². The van der Waals surface area contributed by atoms with E-state index in [9.17, 15) is 28.8 Å². The molecule has 0 aromatic rings. The van der Waals surface area contributed by atoms with E-state index in [0.29, 0.717) is 0 Å². The van der Waals surface area contributed by atoms with Gasteiger partial charge in [-0.1, -0.05) is 0 Å². The van der Waals surface area contributed by atoms with E-state index in [1.807, 2.05) is 0 Å². The zero-order valence-corrected chi connectivity index (χ0v) is 26.2. The third kappa shape index (κ3) is 42.2. The van der Waals surface area contributed by atoms with Gasteiger partial charge in [-0.25, -0.2) is 0 Å². The zero-order chi connectivity index (χ0) is 22.3. The Labute approximate surface area is 293 Å². The molecular weight excluding hydrogens is 505 g/mol. The minimum absolute atomic E-state index is 0. The maximum atomic E-state index is 9.85. The predicted molar refractivity (Wildman–Crippen MR) is 107 cm³/mol. The molecule has 0 aliphatic rings. The summed E-state index contributed by atoms with van der Waals surface area (Å²) < 4.78 is 0. The molecule has 0 aromatic heterocycles. The summed E-state index contributed by atoms with van der Waals surface area (Å²) in [5.74, 6) is -7.49. The van der Waals surface area contributed by atoms with Crippen LogP contribution < -0.4 is 17.2 Å². The van der Waals surface area contributed by atoms with Gasteiger partial charge in [0, 0.05) is 149 Å². The summed E-state index contributed by atoms with van der Waals surface area (Å²) in [6.07, 6.45) is -1.60. The van der Waals surface area contributed by atoms with Gasteiger partial charge in [-0.2, -0.15) is 0 Å². The van der Waals surface area contributed by atoms with E-state index < -0.39 is 73.2 Å². The van der Waals surface area contributed by atoms with Crippen molar-refractivity contribution >= 4 is 185 Å². The van der Waals surface area contributed by atoms with Crippen LogP contribution in [0.1, 0.15) is 19.3 Å². The second-order valence-corrected chi connectivity index (χ2v) is 4.63. The fraction of sp³-hybridized carbons (Fsp3) is 0.500. The molecule has 31 heavy (non-hydrogen) atoms. The van der Waals surface area contributed by atoms with E-state index in [2.05, 4.69) is 0 Å². The molecule has 0 heterocycles. The number of carboxylic acid groups (broad SMARTS) is 6. The van der Waals surface area contributed by atoms with Crippen molar-refractivity contribution in [2.45, 2.75) is 37.4 Å². The predicted octanol–water partition coefficient (Wildman–Crippen LogP) is -4.90. The average molecular weight is 526 g/mol. The van der Waals surface area contributed by atoms with Crippen LogP contribution in [0, 0.1) is 0 Å². The second kappa shape index (κ2) is 29.5. The molecule has 0 saturated heterocycles. The molecule has 12 N–H and O–H groups in total. The van der Waals surface area contributed by atoms with Crippen LogP contribution in [0.5, 0.6) is 0 Å². The number of aliphatic carboxylic acids is 6. The molecule has 0 spiro atoms. The van der Waals surface area contributed by atoms with Gasteiger partial charge in [-0.05, 0) is 0 Å². The minimum Gasteiger partial charge on any atom is -0.481 e. The summed E-state index contributed by atoms with van der Waals surface area (Å²) in [6, 6.07) is -3.87. The number of carboxylic acids is 6. The van der Waals surface area contributed by atoms with Crippen molar-refractivity contribution in [3.63, 3.8) is 0 Å². The van der Waals surface area contributed by atoms with Gasteiger partial charge < -0.3 is 47.8 Å². The van der Waals surface area contributed by atoms with Gasteiger partial charge >= 0.3 is 35.8 Å². The summed E-state index contributed by atoms with van der Waals surface area (Å²) in [5.41, 5.74) is 14.5. The number of carbonyl (C=O) groups is 6. The molecule has 3 atom stereocenters.